The van der Waals surface area contributed by atoms with E-state index in [9.17, 15) is 26.4 Å². The number of nitrogens with zero attached hydrogens (tertiary/aromatic N) is 1. The molecule has 0 aliphatic carbocycles. The maximum absolute atomic E-state index is 12.6. The molecule has 1 aliphatic heterocycles. The smallest absolute Gasteiger partial charge is 0.379 e. The van der Waals surface area contributed by atoms with Gasteiger partial charge in [0, 0.05) is 23.5 Å². The van der Waals surface area contributed by atoms with Gasteiger partial charge in [-0.05, 0) is 59.8 Å². The molecular weight excluding hydrogens is 439 g/mol. The van der Waals surface area contributed by atoms with Crippen LogP contribution in [-0.2, 0) is 14.8 Å². The first-order chi connectivity index (χ1) is 14.1. The fourth-order valence-corrected chi connectivity index (χ4v) is 4.72. The standard InChI is InChI=1S/C20H18F3NO4S2/c21-20(22,23)29-17-6-1-15(2-7-17)3-10-19(25)16-4-8-18(9-5-16)30(26,27)24-11-13-28-14-12-24/h1-10H,11-14H2/b10-3+. The Morgan fingerprint density at radius 1 is 1.00 bits per heavy atom. The molecule has 1 saturated heterocycles. The summed E-state index contributed by atoms with van der Waals surface area (Å²) in [4.78, 5) is 12.5. The largest absolute Gasteiger partial charge is 0.446 e. The van der Waals surface area contributed by atoms with E-state index in [1.807, 2.05) is 0 Å². The van der Waals surface area contributed by atoms with Crippen LogP contribution in [0.3, 0.4) is 0 Å². The molecule has 30 heavy (non-hydrogen) atoms. The molecular formula is C20H18F3NO4S2. The van der Waals surface area contributed by atoms with E-state index in [4.69, 9.17) is 4.74 Å². The molecule has 0 atom stereocenters. The van der Waals surface area contributed by atoms with E-state index >= 15 is 0 Å². The Bertz CT molecular complexity index is 1010. The zero-order valence-electron chi connectivity index (χ0n) is 15.6. The minimum atomic E-state index is -4.35. The number of thioether (sulfide) groups is 1. The Labute approximate surface area is 176 Å². The number of ketones is 1. The van der Waals surface area contributed by atoms with Gasteiger partial charge < -0.3 is 4.74 Å². The Morgan fingerprint density at radius 3 is 2.17 bits per heavy atom. The molecule has 10 heteroatoms. The van der Waals surface area contributed by atoms with Gasteiger partial charge in [-0.25, -0.2) is 8.42 Å². The molecule has 0 saturated carbocycles. The number of carbonyl (C=O) groups excluding carboxylic acids is 1. The number of alkyl halides is 3. The van der Waals surface area contributed by atoms with Crippen LogP contribution in [-0.4, -0.2) is 50.3 Å². The summed E-state index contributed by atoms with van der Waals surface area (Å²) in [6, 6.07) is 11.3. The van der Waals surface area contributed by atoms with Crippen molar-refractivity contribution < 1.29 is 31.1 Å². The highest BCUT2D eigenvalue weighted by molar-refractivity contribution is 8.00. The molecule has 160 valence electrons. The fraction of sp³-hybridized carbons (Fsp3) is 0.250. The van der Waals surface area contributed by atoms with Gasteiger partial charge in [0.15, 0.2) is 5.78 Å². The van der Waals surface area contributed by atoms with E-state index in [0.29, 0.717) is 24.3 Å². The summed E-state index contributed by atoms with van der Waals surface area (Å²) in [6.45, 7) is 1.25. The summed E-state index contributed by atoms with van der Waals surface area (Å²) >= 11 is -0.206. The molecule has 0 radical (unpaired) electrons. The van der Waals surface area contributed by atoms with Gasteiger partial charge >= 0.3 is 5.51 Å². The number of carbonyl (C=O) groups is 1. The lowest BCUT2D eigenvalue weighted by atomic mass is 10.1. The van der Waals surface area contributed by atoms with Crippen molar-refractivity contribution in [3.63, 3.8) is 0 Å². The van der Waals surface area contributed by atoms with Crippen molar-refractivity contribution in [3.8, 4) is 0 Å². The van der Waals surface area contributed by atoms with E-state index in [1.54, 1.807) is 0 Å². The van der Waals surface area contributed by atoms with Crippen molar-refractivity contribution in [2.45, 2.75) is 15.3 Å². The summed E-state index contributed by atoms with van der Waals surface area (Å²) in [6.07, 6.45) is 2.78. The molecule has 3 rings (SSSR count). The zero-order valence-corrected chi connectivity index (χ0v) is 17.3. The number of ether oxygens (including phenoxy) is 1. The number of rotatable bonds is 6. The average molecular weight is 457 g/mol. The van der Waals surface area contributed by atoms with Crippen LogP contribution >= 0.6 is 11.8 Å². The first kappa shape index (κ1) is 22.5. The van der Waals surface area contributed by atoms with Crippen LogP contribution in [0.4, 0.5) is 13.2 Å². The second-order valence-corrected chi connectivity index (χ2v) is 9.43. The number of hydrogen-bond donors (Lipinski definition) is 0. The molecule has 0 N–H and O–H groups in total. The van der Waals surface area contributed by atoms with Crippen LogP contribution in [0.2, 0.25) is 0 Å². The van der Waals surface area contributed by atoms with Crippen molar-refractivity contribution in [1.29, 1.82) is 0 Å². The third-order valence-corrected chi connectivity index (χ3v) is 6.94. The number of morpholine rings is 1. The molecule has 1 aliphatic rings. The Kier molecular flexibility index (Phi) is 7.02. The predicted molar refractivity (Wildman–Crippen MR) is 108 cm³/mol. The molecule has 0 aromatic heterocycles. The highest BCUT2D eigenvalue weighted by Gasteiger charge is 2.29. The first-order valence-corrected chi connectivity index (χ1v) is 11.2. The normalized spacial score (nSPS) is 16.1. The van der Waals surface area contributed by atoms with Gasteiger partial charge in [0.1, 0.15) is 0 Å². The summed E-state index contributed by atoms with van der Waals surface area (Å²) in [5, 5.41) is 0. The third kappa shape index (κ3) is 5.94. The van der Waals surface area contributed by atoms with Crippen molar-refractivity contribution in [1.82, 2.24) is 4.31 Å². The SMILES string of the molecule is O=C(/C=C/c1ccc(SC(F)(F)F)cc1)c1ccc(S(=O)(=O)N2CCOCC2)cc1. The van der Waals surface area contributed by atoms with Crippen LogP contribution < -0.4 is 0 Å². The average Bonchev–Trinajstić information content (AvgIpc) is 2.72. The molecule has 2 aromatic carbocycles. The number of allylic oxidation sites excluding steroid dienone is 1. The maximum atomic E-state index is 12.6. The molecule has 1 fully saturated rings. The minimum absolute atomic E-state index is 0.0584. The van der Waals surface area contributed by atoms with E-state index < -0.39 is 15.5 Å². The quantitative estimate of drug-likeness (QED) is 0.369. The van der Waals surface area contributed by atoms with E-state index in [1.165, 1.54) is 65.0 Å². The van der Waals surface area contributed by atoms with Crippen molar-refractivity contribution in [3.05, 3.63) is 65.7 Å². The number of benzene rings is 2. The van der Waals surface area contributed by atoms with Gasteiger partial charge in [0.2, 0.25) is 10.0 Å². The maximum Gasteiger partial charge on any atom is 0.446 e. The zero-order chi connectivity index (χ0) is 21.8. The summed E-state index contributed by atoms with van der Waals surface area (Å²) in [5.74, 6) is -0.348. The topological polar surface area (TPSA) is 63.7 Å². The van der Waals surface area contributed by atoms with Crippen LogP contribution in [0.5, 0.6) is 0 Å². The number of sulfonamides is 1. The van der Waals surface area contributed by atoms with Crippen molar-refractivity contribution in [2.24, 2.45) is 0 Å². The summed E-state index contributed by atoms with van der Waals surface area (Å²) in [5.41, 5.74) is -3.48. The lowest BCUT2D eigenvalue weighted by molar-refractivity contribution is -0.0328. The van der Waals surface area contributed by atoms with Crippen molar-refractivity contribution >= 4 is 33.6 Å². The van der Waals surface area contributed by atoms with Gasteiger partial charge in [0.05, 0.1) is 18.1 Å². The second kappa shape index (κ2) is 9.34. The molecule has 0 bridgehead atoms. The monoisotopic (exact) mass is 457 g/mol. The van der Waals surface area contributed by atoms with Gasteiger partial charge in [-0.1, -0.05) is 18.2 Å². The molecule has 0 amide bonds. The Hall–Kier alpha value is -2.14. The first-order valence-electron chi connectivity index (χ1n) is 8.91. The van der Waals surface area contributed by atoms with E-state index in [0.717, 1.165) is 0 Å². The predicted octanol–water partition coefficient (Wildman–Crippen LogP) is 4.22. The second-order valence-electron chi connectivity index (χ2n) is 6.36. The van der Waals surface area contributed by atoms with Gasteiger partial charge in [-0.2, -0.15) is 17.5 Å². The third-order valence-electron chi connectivity index (χ3n) is 4.29. The minimum Gasteiger partial charge on any atom is -0.379 e. The molecule has 5 nitrogen and oxygen atoms in total. The lowest BCUT2D eigenvalue weighted by Crippen LogP contribution is -2.40. The van der Waals surface area contributed by atoms with Gasteiger partial charge in [0.25, 0.3) is 0 Å². The molecule has 2 aromatic rings. The lowest BCUT2D eigenvalue weighted by Gasteiger charge is -2.26. The molecule has 0 spiro atoms. The Morgan fingerprint density at radius 2 is 1.60 bits per heavy atom. The van der Waals surface area contributed by atoms with Crippen LogP contribution in [0.25, 0.3) is 6.08 Å². The van der Waals surface area contributed by atoms with Gasteiger partial charge in [-0.3, -0.25) is 4.79 Å². The van der Waals surface area contributed by atoms with Gasteiger partial charge in [-0.15, -0.1) is 0 Å². The number of halogens is 3. The van der Waals surface area contributed by atoms with Crippen molar-refractivity contribution in [2.75, 3.05) is 26.3 Å². The molecule has 1 heterocycles. The molecule has 0 unspecified atom stereocenters. The van der Waals surface area contributed by atoms with Crippen LogP contribution in [0.15, 0.2) is 64.4 Å². The van der Waals surface area contributed by atoms with Crippen LogP contribution in [0, 0.1) is 0 Å². The van der Waals surface area contributed by atoms with Crippen LogP contribution in [0.1, 0.15) is 15.9 Å². The van der Waals surface area contributed by atoms with E-state index in [2.05, 4.69) is 0 Å². The summed E-state index contributed by atoms with van der Waals surface area (Å²) < 4.78 is 68.7. The van der Waals surface area contributed by atoms with E-state index in [-0.39, 0.29) is 40.4 Å². The summed E-state index contributed by atoms with van der Waals surface area (Å²) in [7, 11) is -3.63. The Balaban J connectivity index is 1.66. The number of hydrogen-bond acceptors (Lipinski definition) is 5. The fourth-order valence-electron chi connectivity index (χ4n) is 2.78. The highest BCUT2D eigenvalue weighted by Crippen LogP contribution is 2.36. The highest BCUT2D eigenvalue weighted by atomic mass is 32.2.